The van der Waals surface area contributed by atoms with Crippen LogP contribution in [0, 0.1) is 0 Å². The van der Waals surface area contributed by atoms with Crippen molar-refractivity contribution >= 4 is 42.4 Å². The summed E-state index contributed by atoms with van der Waals surface area (Å²) in [6, 6.07) is 0. The van der Waals surface area contributed by atoms with Crippen molar-refractivity contribution < 1.29 is 13.6 Å². The maximum atomic E-state index is 11.3. The molecule has 0 aliphatic rings. The van der Waals surface area contributed by atoms with Crippen molar-refractivity contribution in [2.75, 3.05) is 20.4 Å². The highest BCUT2D eigenvalue weighted by atomic mass is 35.6. The van der Waals surface area contributed by atoms with Crippen LogP contribution in [0.25, 0.3) is 0 Å². The summed E-state index contributed by atoms with van der Waals surface area (Å²) in [7, 11) is -0.725. The van der Waals surface area contributed by atoms with Gasteiger partial charge < -0.3 is 9.05 Å². The molecule has 3 nitrogen and oxygen atoms in total. The number of hydrogen-bond donors (Lipinski definition) is 0. The van der Waals surface area contributed by atoms with Crippen LogP contribution in [0.4, 0.5) is 0 Å². The first-order chi connectivity index (χ1) is 4.83. The smallest absolute Gasteiger partial charge is 0.312 e. The van der Waals surface area contributed by atoms with Crippen molar-refractivity contribution in [3.63, 3.8) is 0 Å². The van der Waals surface area contributed by atoms with E-state index in [-0.39, 0.29) is 6.16 Å². The highest BCUT2D eigenvalue weighted by Crippen LogP contribution is 2.52. The molecule has 0 aromatic carbocycles. The second-order valence-electron chi connectivity index (χ2n) is 1.75. The molecule has 0 atom stereocenters. The van der Waals surface area contributed by atoms with E-state index in [1.165, 1.54) is 14.2 Å². The minimum absolute atomic E-state index is 0.252. The van der Waals surface area contributed by atoms with Gasteiger partial charge in [-0.2, -0.15) is 0 Å². The number of halogens is 3. The van der Waals surface area contributed by atoms with E-state index in [9.17, 15) is 4.57 Å². The van der Waals surface area contributed by atoms with Gasteiger partial charge in [0.15, 0.2) is 0 Å². The van der Waals surface area contributed by atoms with Gasteiger partial charge in [-0.1, -0.05) is 34.8 Å². The summed E-state index contributed by atoms with van der Waals surface area (Å²) in [5.74, 6) is 0. The molecular formula is C4H8Cl3O3P. The molecule has 68 valence electrons. The minimum Gasteiger partial charge on any atom is -0.312 e. The Labute approximate surface area is 80.4 Å². The third-order valence-corrected chi connectivity index (χ3v) is 3.86. The Morgan fingerprint density at radius 3 is 1.73 bits per heavy atom. The van der Waals surface area contributed by atoms with Gasteiger partial charge >= 0.3 is 7.60 Å². The molecule has 0 bridgehead atoms. The van der Waals surface area contributed by atoms with Gasteiger partial charge in [-0.3, -0.25) is 4.57 Å². The van der Waals surface area contributed by atoms with E-state index in [0.29, 0.717) is 0 Å². The largest absolute Gasteiger partial charge is 0.334 e. The molecule has 0 fully saturated rings. The van der Waals surface area contributed by atoms with Crippen molar-refractivity contribution in [2.24, 2.45) is 0 Å². The van der Waals surface area contributed by atoms with Crippen LogP contribution in [0.3, 0.4) is 0 Å². The van der Waals surface area contributed by atoms with Crippen molar-refractivity contribution in [3.05, 3.63) is 0 Å². The maximum absolute atomic E-state index is 11.3. The molecule has 0 heterocycles. The first-order valence-corrected chi connectivity index (χ1v) is 5.46. The lowest BCUT2D eigenvalue weighted by Crippen LogP contribution is -2.11. The topological polar surface area (TPSA) is 35.5 Å². The monoisotopic (exact) mass is 240 g/mol. The molecule has 0 aliphatic carbocycles. The minimum atomic E-state index is -3.20. The predicted octanol–water partition coefficient (Wildman–Crippen LogP) is 2.84. The zero-order chi connectivity index (χ0) is 9.12. The molecule has 0 N–H and O–H groups in total. The Morgan fingerprint density at radius 2 is 1.64 bits per heavy atom. The first kappa shape index (κ1) is 12.0. The van der Waals surface area contributed by atoms with E-state index in [1.54, 1.807) is 0 Å². The Bertz CT molecular complexity index is 158. The van der Waals surface area contributed by atoms with Crippen molar-refractivity contribution in [2.45, 2.75) is 3.79 Å². The lowest BCUT2D eigenvalue weighted by atomic mass is 10.9. The molecular weight excluding hydrogens is 233 g/mol. The molecule has 11 heavy (non-hydrogen) atoms. The Morgan fingerprint density at radius 1 is 1.27 bits per heavy atom. The van der Waals surface area contributed by atoms with Crippen LogP contribution in [0.1, 0.15) is 0 Å². The van der Waals surface area contributed by atoms with Crippen LogP contribution in [0.15, 0.2) is 0 Å². The average molecular weight is 241 g/mol. The van der Waals surface area contributed by atoms with E-state index in [1.807, 2.05) is 0 Å². The molecule has 0 saturated heterocycles. The Balaban J connectivity index is 4.21. The summed E-state index contributed by atoms with van der Waals surface area (Å²) in [5, 5.41) is 0. The first-order valence-electron chi connectivity index (χ1n) is 2.60. The third-order valence-electron chi connectivity index (χ3n) is 0.929. The molecule has 7 heteroatoms. The van der Waals surface area contributed by atoms with Gasteiger partial charge in [0.05, 0.1) is 6.16 Å². The van der Waals surface area contributed by atoms with Crippen molar-refractivity contribution in [1.82, 2.24) is 0 Å². The molecule has 0 rings (SSSR count). The summed E-state index contributed by atoms with van der Waals surface area (Å²) in [6.07, 6.45) is -0.252. The summed E-state index contributed by atoms with van der Waals surface area (Å²) >= 11 is 16.1. The SMILES string of the molecule is COP(=O)(CC(Cl)(Cl)Cl)OC. The van der Waals surface area contributed by atoms with Crippen LogP contribution in [0.5, 0.6) is 0 Å². The van der Waals surface area contributed by atoms with Crippen molar-refractivity contribution in [3.8, 4) is 0 Å². The second kappa shape index (κ2) is 4.31. The number of hydrogen-bond acceptors (Lipinski definition) is 3. The summed E-state index contributed by atoms with van der Waals surface area (Å²) in [6.45, 7) is 0. The quantitative estimate of drug-likeness (QED) is 0.563. The fourth-order valence-corrected chi connectivity index (χ4v) is 2.59. The number of alkyl halides is 3. The predicted molar refractivity (Wildman–Crippen MR) is 46.8 cm³/mol. The Hall–Kier alpha value is 1.02. The van der Waals surface area contributed by atoms with Crippen LogP contribution in [-0.2, 0) is 13.6 Å². The van der Waals surface area contributed by atoms with Gasteiger partial charge in [0.1, 0.15) is 0 Å². The second-order valence-corrected chi connectivity index (χ2v) is 6.53. The molecule has 0 saturated carbocycles. The van der Waals surface area contributed by atoms with Gasteiger partial charge in [0, 0.05) is 14.2 Å². The van der Waals surface area contributed by atoms with Gasteiger partial charge in [0.25, 0.3) is 0 Å². The van der Waals surface area contributed by atoms with Crippen LogP contribution in [-0.4, -0.2) is 24.2 Å². The molecule has 0 spiro atoms. The van der Waals surface area contributed by atoms with E-state index >= 15 is 0 Å². The fourth-order valence-electron chi connectivity index (χ4n) is 0.423. The normalized spacial score (nSPS) is 13.5. The van der Waals surface area contributed by atoms with Gasteiger partial charge in [-0.05, 0) is 0 Å². The summed E-state index contributed by atoms with van der Waals surface area (Å²) < 4.78 is 18.7. The fraction of sp³-hybridized carbons (Fsp3) is 1.00. The molecule has 0 aromatic rings. The van der Waals surface area contributed by atoms with Crippen LogP contribution >= 0.6 is 42.4 Å². The van der Waals surface area contributed by atoms with Gasteiger partial charge in [-0.25, -0.2) is 0 Å². The van der Waals surface area contributed by atoms with Gasteiger partial charge in [0.2, 0.25) is 3.79 Å². The molecule has 0 aliphatic heterocycles. The van der Waals surface area contributed by atoms with Crippen molar-refractivity contribution in [1.29, 1.82) is 0 Å². The zero-order valence-electron chi connectivity index (χ0n) is 6.01. The van der Waals surface area contributed by atoms with Crippen LogP contribution in [0.2, 0.25) is 0 Å². The van der Waals surface area contributed by atoms with E-state index < -0.39 is 11.4 Å². The molecule has 0 aromatic heterocycles. The average Bonchev–Trinajstić information content (AvgIpc) is 1.84. The maximum Gasteiger partial charge on any atom is 0.334 e. The van der Waals surface area contributed by atoms with E-state index in [0.717, 1.165) is 0 Å². The lowest BCUT2D eigenvalue weighted by molar-refractivity contribution is 0.276. The summed E-state index contributed by atoms with van der Waals surface area (Å²) in [4.78, 5) is 0. The summed E-state index contributed by atoms with van der Waals surface area (Å²) in [5.41, 5.74) is 0. The zero-order valence-corrected chi connectivity index (χ0v) is 9.18. The molecule has 0 amide bonds. The third kappa shape index (κ3) is 5.29. The van der Waals surface area contributed by atoms with Gasteiger partial charge in [-0.15, -0.1) is 0 Å². The van der Waals surface area contributed by atoms with E-state index in [4.69, 9.17) is 34.8 Å². The molecule has 0 unspecified atom stereocenters. The van der Waals surface area contributed by atoms with E-state index in [2.05, 4.69) is 9.05 Å². The molecule has 0 radical (unpaired) electrons. The lowest BCUT2D eigenvalue weighted by Gasteiger charge is -2.17. The standard InChI is InChI=1S/C4H8Cl3O3P/c1-9-11(8,10-2)3-4(5,6)7/h3H2,1-2H3. The number of rotatable bonds is 3. The highest BCUT2D eigenvalue weighted by Gasteiger charge is 2.34. The van der Waals surface area contributed by atoms with Crippen LogP contribution < -0.4 is 0 Å². The highest BCUT2D eigenvalue weighted by molar-refractivity contribution is 7.54. The Kier molecular flexibility index (Phi) is 4.71.